The number of aryl methyl sites for hydroxylation is 3. The van der Waals surface area contributed by atoms with Crippen molar-refractivity contribution in [2.24, 2.45) is 10.2 Å². The van der Waals surface area contributed by atoms with Gasteiger partial charge in [-0.05, 0) is 131 Å². The summed E-state index contributed by atoms with van der Waals surface area (Å²) in [6.07, 6.45) is -1.10. The Balaban J connectivity index is 0.868. The normalized spacial score (nSPS) is 17.2. The molecule has 3 heterocycles. The highest BCUT2D eigenvalue weighted by Crippen LogP contribution is 2.66. The Labute approximate surface area is 544 Å². The number of benzene rings is 4. The highest BCUT2D eigenvalue weighted by atomic mass is 31.3. The molecule has 2 aliphatic heterocycles. The largest absolute Gasteiger partial charge is 0.491 e. The second-order valence-electron chi connectivity index (χ2n) is 21.1. The second-order valence-corrected chi connectivity index (χ2v) is 25.5. The zero-order chi connectivity index (χ0) is 70.1. The van der Waals surface area contributed by atoms with E-state index in [1.807, 2.05) is 50.0 Å². The average molecular weight is 1400 g/mol. The summed E-state index contributed by atoms with van der Waals surface area (Å²) in [5.74, 6) is 0.253. The number of nitrogens with one attached hydrogen (secondary N) is 4. The lowest BCUT2D eigenvalue weighted by Crippen LogP contribution is -2.35. The van der Waals surface area contributed by atoms with Gasteiger partial charge in [-0.1, -0.05) is 49.4 Å². The number of phosphoric ester groups is 1. The summed E-state index contributed by atoms with van der Waals surface area (Å²) in [4.78, 5) is 122. The number of H-pyrrole nitrogens is 1. The van der Waals surface area contributed by atoms with Crippen LogP contribution in [-0.2, 0) is 57.0 Å². The van der Waals surface area contributed by atoms with E-state index in [1.165, 1.54) is 30.3 Å². The van der Waals surface area contributed by atoms with Crippen LogP contribution in [0.3, 0.4) is 0 Å². The summed E-state index contributed by atoms with van der Waals surface area (Å²) >= 11 is 0. The number of aromatic carboxylic acids is 1. The molecular weight excluding hydrogens is 1330 g/mol. The number of ether oxygens (including phenoxy) is 6. The molecular formula is C58H65FN11O23P3. The van der Waals surface area contributed by atoms with Gasteiger partial charge in [-0.3, -0.25) is 33.3 Å². The van der Waals surface area contributed by atoms with Crippen molar-refractivity contribution in [1.82, 2.24) is 25.5 Å². The van der Waals surface area contributed by atoms with E-state index in [1.54, 1.807) is 12.1 Å². The van der Waals surface area contributed by atoms with Crippen LogP contribution >= 0.6 is 23.5 Å². The van der Waals surface area contributed by atoms with Crippen LogP contribution in [0.15, 0.2) is 92.7 Å². The molecule has 0 bridgehead atoms. The third kappa shape index (κ3) is 21.1. The molecule has 1 fully saturated rings. The summed E-state index contributed by atoms with van der Waals surface area (Å²) in [7, 11) is -17.4. The second kappa shape index (κ2) is 33.2. The van der Waals surface area contributed by atoms with E-state index in [2.05, 4.69) is 74.0 Å². The number of aromatic amines is 1. The predicted octanol–water partition coefficient (Wildman–Crippen LogP) is 5.69. The van der Waals surface area contributed by atoms with Gasteiger partial charge in [-0.15, -0.1) is 0 Å². The molecule has 3 unspecified atom stereocenters. The Hall–Kier alpha value is -8.86. The molecule has 0 radical (unpaired) electrons. The fraction of sp³-hybridized carbons (Fsp3) is 0.379. The molecule has 7 atom stereocenters. The van der Waals surface area contributed by atoms with Crippen LogP contribution in [0.5, 0.6) is 17.2 Å². The lowest BCUT2D eigenvalue weighted by molar-refractivity contribution is -0.178. The van der Waals surface area contributed by atoms with Gasteiger partial charge in [0.1, 0.15) is 48.4 Å². The van der Waals surface area contributed by atoms with Crippen LogP contribution in [0, 0.1) is 25.7 Å². The number of rotatable bonds is 32. The van der Waals surface area contributed by atoms with Crippen molar-refractivity contribution < 1.29 is 104 Å². The first-order valence-corrected chi connectivity index (χ1v) is 33.5. The van der Waals surface area contributed by atoms with Gasteiger partial charge < -0.3 is 69.1 Å². The summed E-state index contributed by atoms with van der Waals surface area (Å²) < 4.78 is 96.6. The highest BCUT2D eigenvalue weighted by Gasteiger charge is 2.46. The SMILES string of the molecule is CC/C=c1/cc2c(cc1C)=C(c1cc(C(=O)NCCNC(=O)c3cccc(OCC(N=[N+]=[N-])OCCOCC(=O)NCC#Cc4cn([C@H]5C[C@@H](O[C@](C)(F)N=[N+]=[N-])[C@@H](COP(=O)(O)OP(=O)(O)OP(=O)(O)O)O5)c(=O)[nH]c4=O)c3)ccc1C(=O)O)c1cc(C)c(CCC)cc1O2. The van der Waals surface area contributed by atoms with Crippen LogP contribution < -0.4 is 47.1 Å². The summed E-state index contributed by atoms with van der Waals surface area (Å²) in [6.45, 7) is 5.96. The number of azide groups is 2. The molecule has 0 saturated carbocycles. The van der Waals surface area contributed by atoms with Crippen molar-refractivity contribution in [3.05, 3.63) is 175 Å². The molecule has 0 spiro atoms. The van der Waals surface area contributed by atoms with E-state index in [-0.39, 0.29) is 67.5 Å². The number of aromatic nitrogens is 2. The number of carboxylic acids is 1. The number of nitrogens with zero attached hydrogens (tertiary/aromatic N) is 7. The Bertz CT molecular complexity index is 4370. The maximum Gasteiger partial charge on any atom is 0.490 e. The zero-order valence-electron chi connectivity index (χ0n) is 51.7. The van der Waals surface area contributed by atoms with Gasteiger partial charge >= 0.3 is 35.1 Å². The lowest BCUT2D eigenvalue weighted by Gasteiger charge is -2.24. The smallest absolute Gasteiger partial charge is 0.490 e. The lowest BCUT2D eigenvalue weighted by atomic mass is 9.86. The van der Waals surface area contributed by atoms with Gasteiger partial charge in [0.2, 0.25) is 5.91 Å². The molecule has 3 amide bonds. The standard InChI is InChI=1S/C58H65FN11O23P3/c1-6-10-35-26-45-43(22-33(35)3)52(44-23-34(4)36(11-7-2)27-46(44)89-45)42-25-38(15-16-41(42)56(75)76)54(73)64-19-18-63-53(72)37-12-8-14-40(24-37)87-32-50(66-68-60)86-21-20-85-31-49(71)62-17-9-13-39-29-70(57(77)65-55(39)74)51-28-47(91-58(5,59)67-69-61)48(90-51)30-88-95(81,82)93-96(83,84)92-94(78,79)80/h8,10,12,14-16,22-27,29,47-48,50-51H,6-7,11,17-21,28,30-32H2,1-5H3,(H,62,71)(H,63,72)(H,64,73)(H,75,76)(H,81,82)(H,83,84)(H,65,74,77)(H2,78,79,80)/b35-10-/t47-,48-,50?,51-,58-/m1/s1. The van der Waals surface area contributed by atoms with E-state index in [4.69, 9.17) is 43.7 Å². The molecule has 9 N–H and O–H groups in total. The molecule has 34 nitrogen and oxygen atoms in total. The Kier molecular flexibility index (Phi) is 25.8. The molecule has 512 valence electrons. The minimum Gasteiger partial charge on any atom is -0.491 e. The maximum absolute atomic E-state index is 14.9. The van der Waals surface area contributed by atoms with Crippen molar-refractivity contribution in [3.8, 4) is 29.1 Å². The minimum atomic E-state index is -5.95. The van der Waals surface area contributed by atoms with Crippen LogP contribution in [0.2, 0.25) is 0 Å². The monoisotopic (exact) mass is 1400 g/mol. The number of carbonyl (C=O) groups excluding carboxylic acids is 3. The molecule has 1 aromatic heterocycles. The number of phosphoric acid groups is 3. The predicted molar refractivity (Wildman–Crippen MR) is 335 cm³/mol. The fourth-order valence-corrected chi connectivity index (χ4v) is 12.8. The minimum absolute atomic E-state index is 0.000736. The van der Waals surface area contributed by atoms with E-state index in [9.17, 15) is 67.3 Å². The Morgan fingerprint density at radius 3 is 2.31 bits per heavy atom. The number of hydrogen-bond donors (Lipinski definition) is 9. The van der Waals surface area contributed by atoms with Crippen LogP contribution in [0.4, 0.5) is 4.39 Å². The van der Waals surface area contributed by atoms with E-state index in [0.29, 0.717) is 40.3 Å². The van der Waals surface area contributed by atoms with Gasteiger partial charge in [0, 0.05) is 69.9 Å². The van der Waals surface area contributed by atoms with Crippen LogP contribution in [-0.4, -0.2) is 135 Å². The molecule has 7 rings (SSSR count). The van der Waals surface area contributed by atoms with Gasteiger partial charge in [0.15, 0.2) is 6.23 Å². The van der Waals surface area contributed by atoms with Crippen molar-refractivity contribution in [2.75, 3.05) is 52.7 Å². The van der Waals surface area contributed by atoms with Gasteiger partial charge in [0.05, 0.1) is 38.0 Å². The first-order chi connectivity index (χ1) is 45.4. The first-order valence-electron chi connectivity index (χ1n) is 29.0. The van der Waals surface area contributed by atoms with Crippen molar-refractivity contribution in [1.29, 1.82) is 0 Å². The third-order valence-electron chi connectivity index (χ3n) is 13.9. The highest BCUT2D eigenvalue weighted by molar-refractivity contribution is 7.66. The zero-order valence-corrected chi connectivity index (χ0v) is 54.4. The van der Waals surface area contributed by atoms with E-state index in [0.717, 1.165) is 51.9 Å². The third-order valence-corrected chi connectivity index (χ3v) is 17.7. The quantitative estimate of drug-likeness (QED) is 0.00465. The van der Waals surface area contributed by atoms with Crippen LogP contribution in [0.25, 0.3) is 32.5 Å². The number of amides is 3. The number of carbonyl (C=O) groups is 4. The topological polar surface area (TPSA) is 492 Å². The van der Waals surface area contributed by atoms with Gasteiger partial charge in [-0.25, -0.2) is 27.7 Å². The van der Waals surface area contributed by atoms with Crippen LogP contribution in [0.1, 0.15) is 111 Å². The maximum atomic E-state index is 14.9. The van der Waals surface area contributed by atoms with Crippen molar-refractivity contribution in [2.45, 2.75) is 90.9 Å². The number of hydrogen-bond acceptors (Lipinski definition) is 20. The number of carboxylic acid groups (broad SMARTS) is 1. The molecule has 0 aliphatic carbocycles. The average Bonchev–Trinajstić information content (AvgIpc) is 0.856. The van der Waals surface area contributed by atoms with E-state index < -0.39 is 109 Å². The molecule has 38 heteroatoms. The summed E-state index contributed by atoms with van der Waals surface area (Å²) in [6, 6.07) is 18.3. The molecule has 96 heavy (non-hydrogen) atoms. The fourth-order valence-electron chi connectivity index (χ4n) is 9.75. The van der Waals surface area contributed by atoms with Gasteiger partial charge in [0.25, 0.3) is 23.4 Å². The summed E-state index contributed by atoms with van der Waals surface area (Å²) in [5, 5.41) is 26.5. The van der Waals surface area contributed by atoms with Gasteiger partial charge in [-0.2, -0.15) is 8.62 Å². The Morgan fingerprint density at radius 2 is 1.64 bits per heavy atom. The number of halogens is 1. The molecule has 4 aromatic carbocycles. The van der Waals surface area contributed by atoms with E-state index >= 15 is 0 Å². The molecule has 2 aliphatic rings. The molecule has 5 aromatic rings. The number of fused-ring (bicyclic) bond motifs is 2. The summed E-state index contributed by atoms with van der Waals surface area (Å²) in [5.41, 5.74) is 20.5. The van der Waals surface area contributed by atoms with Crippen molar-refractivity contribution in [3.63, 3.8) is 0 Å². The number of alkyl halides is 1. The molecule has 1 saturated heterocycles. The van der Waals surface area contributed by atoms with Crippen molar-refractivity contribution >= 4 is 58.8 Å². The first kappa shape index (κ1) is 74.5. The Morgan fingerprint density at radius 1 is 0.906 bits per heavy atom.